The van der Waals surface area contributed by atoms with Gasteiger partial charge in [-0.25, -0.2) is 4.98 Å². The minimum atomic E-state index is -0.452. The molecule has 1 aliphatic heterocycles. The van der Waals surface area contributed by atoms with Gasteiger partial charge in [-0.05, 0) is 37.3 Å². The molecule has 1 aromatic heterocycles. The molecule has 2 atom stereocenters. The normalized spacial score (nSPS) is 25.7. The highest BCUT2D eigenvalue weighted by molar-refractivity contribution is 5.97. The minimum absolute atomic E-state index is 0.0142. The topological polar surface area (TPSA) is 71.5 Å². The van der Waals surface area contributed by atoms with Gasteiger partial charge in [-0.1, -0.05) is 0 Å². The number of carbonyl (C=O) groups is 2. The molecule has 2 unspecified atom stereocenters. The van der Waals surface area contributed by atoms with E-state index in [1.54, 1.807) is 31.2 Å². The highest BCUT2D eigenvalue weighted by Crippen LogP contribution is 2.35. The lowest BCUT2D eigenvalue weighted by molar-refractivity contribution is -0.149. The maximum Gasteiger partial charge on any atom is 0.246 e. The molecule has 2 fully saturated rings. The molecule has 6 heteroatoms. The van der Waals surface area contributed by atoms with Crippen LogP contribution >= 0.6 is 0 Å². The first kappa shape index (κ1) is 13.9. The Morgan fingerprint density at radius 3 is 2.86 bits per heavy atom. The number of aromatic nitrogens is 1. The molecule has 2 heterocycles. The molecule has 0 spiro atoms. The van der Waals surface area contributed by atoms with E-state index < -0.39 is 6.04 Å². The first-order chi connectivity index (χ1) is 10.1. The van der Waals surface area contributed by atoms with Gasteiger partial charge >= 0.3 is 0 Å². The molecule has 2 aliphatic rings. The molecular formula is C15H19N3O3. The lowest BCUT2D eigenvalue weighted by Crippen LogP contribution is -2.62. The summed E-state index contributed by atoms with van der Waals surface area (Å²) in [5, 5.41) is 2.85. The number of ether oxygens (including phenoxy) is 1. The highest BCUT2D eigenvalue weighted by Gasteiger charge is 2.45. The second-order valence-corrected chi connectivity index (χ2v) is 5.67. The molecule has 0 bridgehead atoms. The van der Waals surface area contributed by atoms with E-state index in [-0.39, 0.29) is 17.9 Å². The maximum atomic E-state index is 12.6. The molecule has 2 amide bonds. The SMILES string of the molecule is COc1cc(CN2C(=O)C(C3CC3)NC(=O)C2C)ccn1. The zero-order valence-electron chi connectivity index (χ0n) is 12.2. The number of hydrogen-bond acceptors (Lipinski definition) is 4. The second-order valence-electron chi connectivity index (χ2n) is 5.67. The lowest BCUT2D eigenvalue weighted by Gasteiger charge is -2.37. The lowest BCUT2D eigenvalue weighted by atomic mass is 10.0. The largest absolute Gasteiger partial charge is 0.481 e. The first-order valence-corrected chi connectivity index (χ1v) is 7.20. The Labute approximate surface area is 123 Å². The van der Waals surface area contributed by atoms with Crippen molar-refractivity contribution in [2.75, 3.05) is 7.11 Å². The van der Waals surface area contributed by atoms with Gasteiger partial charge in [-0.15, -0.1) is 0 Å². The van der Waals surface area contributed by atoms with Crippen LogP contribution < -0.4 is 10.1 Å². The van der Waals surface area contributed by atoms with Crippen molar-refractivity contribution in [2.45, 2.75) is 38.4 Å². The quantitative estimate of drug-likeness (QED) is 0.886. The van der Waals surface area contributed by atoms with E-state index in [0.717, 1.165) is 18.4 Å². The van der Waals surface area contributed by atoms with Crippen molar-refractivity contribution in [1.82, 2.24) is 15.2 Å². The first-order valence-electron chi connectivity index (χ1n) is 7.20. The molecule has 0 radical (unpaired) electrons. The molecule has 1 saturated heterocycles. The molecule has 112 valence electrons. The van der Waals surface area contributed by atoms with Crippen LogP contribution in [0.15, 0.2) is 18.3 Å². The number of piperazine rings is 1. The van der Waals surface area contributed by atoms with Crippen LogP contribution in [0.2, 0.25) is 0 Å². The maximum absolute atomic E-state index is 12.6. The zero-order chi connectivity index (χ0) is 15.0. The Kier molecular flexibility index (Phi) is 3.53. The third-order valence-corrected chi connectivity index (χ3v) is 4.15. The Bertz CT molecular complexity index is 571. The third kappa shape index (κ3) is 2.70. The fourth-order valence-corrected chi connectivity index (χ4v) is 2.67. The second kappa shape index (κ2) is 5.35. The average Bonchev–Trinajstić information content (AvgIpc) is 3.32. The number of pyridine rings is 1. The van der Waals surface area contributed by atoms with Gasteiger partial charge in [0.25, 0.3) is 0 Å². The molecule has 1 saturated carbocycles. The van der Waals surface area contributed by atoms with Gasteiger partial charge in [0, 0.05) is 18.8 Å². The Hall–Kier alpha value is -2.11. The van der Waals surface area contributed by atoms with Crippen molar-refractivity contribution in [3.8, 4) is 5.88 Å². The Morgan fingerprint density at radius 1 is 1.43 bits per heavy atom. The van der Waals surface area contributed by atoms with E-state index in [4.69, 9.17) is 4.74 Å². The molecule has 1 N–H and O–H groups in total. The van der Waals surface area contributed by atoms with Crippen molar-refractivity contribution in [1.29, 1.82) is 0 Å². The summed E-state index contributed by atoms with van der Waals surface area (Å²) in [5.41, 5.74) is 0.909. The number of nitrogens with zero attached hydrogens (tertiary/aromatic N) is 2. The van der Waals surface area contributed by atoms with Gasteiger partial charge < -0.3 is 15.0 Å². The van der Waals surface area contributed by atoms with Crippen LogP contribution in [0.4, 0.5) is 0 Å². The summed E-state index contributed by atoms with van der Waals surface area (Å²) >= 11 is 0. The minimum Gasteiger partial charge on any atom is -0.481 e. The monoisotopic (exact) mass is 289 g/mol. The van der Waals surface area contributed by atoms with E-state index in [1.807, 2.05) is 6.07 Å². The smallest absolute Gasteiger partial charge is 0.246 e. The summed E-state index contributed by atoms with van der Waals surface area (Å²) in [7, 11) is 1.55. The predicted molar refractivity (Wildman–Crippen MR) is 75.5 cm³/mol. The van der Waals surface area contributed by atoms with Crippen LogP contribution in [0, 0.1) is 5.92 Å². The molecule has 6 nitrogen and oxygen atoms in total. The summed E-state index contributed by atoms with van der Waals surface area (Å²) in [6.45, 7) is 2.16. The van der Waals surface area contributed by atoms with Crippen LogP contribution in [-0.2, 0) is 16.1 Å². The van der Waals surface area contributed by atoms with E-state index in [0.29, 0.717) is 18.3 Å². The van der Waals surface area contributed by atoms with Crippen LogP contribution in [0.3, 0.4) is 0 Å². The highest BCUT2D eigenvalue weighted by atomic mass is 16.5. The number of hydrogen-bond donors (Lipinski definition) is 1. The van der Waals surface area contributed by atoms with Gasteiger partial charge in [0.1, 0.15) is 12.1 Å². The van der Waals surface area contributed by atoms with Gasteiger partial charge in [0.15, 0.2) is 0 Å². The third-order valence-electron chi connectivity index (χ3n) is 4.15. The van der Waals surface area contributed by atoms with E-state index >= 15 is 0 Å². The summed E-state index contributed by atoms with van der Waals surface area (Å²) in [6, 6.07) is 2.82. The van der Waals surface area contributed by atoms with Crippen LogP contribution in [0.1, 0.15) is 25.3 Å². The average molecular weight is 289 g/mol. The molecule has 1 aliphatic carbocycles. The molecule has 1 aromatic rings. The number of methoxy groups -OCH3 is 1. The number of nitrogens with one attached hydrogen (secondary N) is 1. The fraction of sp³-hybridized carbons (Fsp3) is 0.533. The van der Waals surface area contributed by atoms with Crippen molar-refractivity contribution >= 4 is 11.8 Å². The van der Waals surface area contributed by atoms with Gasteiger partial charge in [0.2, 0.25) is 17.7 Å². The fourth-order valence-electron chi connectivity index (χ4n) is 2.67. The number of amides is 2. The summed E-state index contributed by atoms with van der Waals surface area (Å²) in [4.78, 5) is 30.4. The Balaban J connectivity index is 1.80. The molecule has 3 rings (SSSR count). The van der Waals surface area contributed by atoms with Crippen LogP contribution in [0.5, 0.6) is 5.88 Å². The van der Waals surface area contributed by atoms with Crippen molar-refractivity contribution < 1.29 is 14.3 Å². The molecular weight excluding hydrogens is 270 g/mol. The number of rotatable bonds is 4. The van der Waals surface area contributed by atoms with Crippen molar-refractivity contribution in [3.63, 3.8) is 0 Å². The molecule has 21 heavy (non-hydrogen) atoms. The van der Waals surface area contributed by atoms with Gasteiger partial charge in [-0.3, -0.25) is 9.59 Å². The van der Waals surface area contributed by atoms with Crippen molar-refractivity contribution in [2.24, 2.45) is 5.92 Å². The van der Waals surface area contributed by atoms with E-state index in [9.17, 15) is 9.59 Å². The summed E-state index contributed by atoms with van der Waals surface area (Å²) < 4.78 is 5.09. The van der Waals surface area contributed by atoms with E-state index in [1.165, 1.54) is 0 Å². The summed E-state index contributed by atoms with van der Waals surface area (Å²) in [5.74, 6) is 0.754. The number of carbonyl (C=O) groups excluding carboxylic acids is 2. The van der Waals surface area contributed by atoms with E-state index in [2.05, 4.69) is 10.3 Å². The van der Waals surface area contributed by atoms with Gasteiger partial charge in [0.05, 0.1) is 7.11 Å². The zero-order valence-corrected chi connectivity index (χ0v) is 12.2. The molecule has 0 aromatic carbocycles. The standard InChI is InChI=1S/C15H19N3O3/c1-9-14(19)17-13(11-3-4-11)15(20)18(9)8-10-5-6-16-12(7-10)21-2/h5-7,9,11,13H,3-4,8H2,1-2H3,(H,17,19). The predicted octanol–water partition coefficient (Wildman–Crippen LogP) is 0.716. The van der Waals surface area contributed by atoms with Crippen molar-refractivity contribution in [3.05, 3.63) is 23.9 Å². The Morgan fingerprint density at radius 2 is 2.19 bits per heavy atom. The summed E-state index contributed by atoms with van der Waals surface area (Å²) in [6.07, 6.45) is 3.68. The van der Waals surface area contributed by atoms with Gasteiger partial charge in [-0.2, -0.15) is 0 Å². The van der Waals surface area contributed by atoms with Crippen LogP contribution in [0.25, 0.3) is 0 Å². The van der Waals surface area contributed by atoms with Crippen LogP contribution in [-0.4, -0.2) is 40.9 Å².